The standard InChI is InChI=1S/C55H46N4OSi/c1-55(2,3)36-30-31-56-52(32-36)59-48-25-12-11-22-44(48)45-29-28-39(34-50(45)59)60-38-17-13-16-37(33-38)57-35-58-53-46(23-14-26-49(53)57)42-20-9-7-18-40(42)41-19-8-10-21-43(41)47-24-15-27-51(54(47)58)61(4,5)6/h7-34H,1-6H3. The van der Waals surface area contributed by atoms with E-state index in [1.807, 2.05) is 12.3 Å². The van der Waals surface area contributed by atoms with Crippen LogP contribution in [0.3, 0.4) is 0 Å². The van der Waals surface area contributed by atoms with Gasteiger partial charge in [0.15, 0.2) is 0 Å². The Morgan fingerprint density at radius 2 is 1.16 bits per heavy atom. The summed E-state index contributed by atoms with van der Waals surface area (Å²) < 4.78 is 13.6. The van der Waals surface area contributed by atoms with Gasteiger partial charge in [-0.3, -0.25) is 13.7 Å². The predicted molar refractivity (Wildman–Crippen MR) is 254 cm³/mol. The molecule has 0 radical (unpaired) electrons. The first-order valence-corrected chi connectivity index (χ1v) is 24.6. The van der Waals surface area contributed by atoms with Gasteiger partial charge in [-0.05, 0) is 98.1 Å². The molecule has 61 heavy (non-hydrogen) atoms. The molecule has 0 spiro atoms. The molecule has 0 atom stereocenters. The lowest BCUT2D eigenvalue weighted by molar-refractivity contribution is -0.570. The molecule has 7 aromatic carbocycles. The van der Waals surface area contributed by atoms with E-state index in [9.17, 15) is 0 Å². The van der Waals surface area contributed by atoms with Crippen molar-refractivity contribution in [3.63, 3.8) is 0 Å². The molecule has 0 saturated carbocycles. The van der Waals surface area contributed by atoms with Gasteiger partial charge in [-0.25, -0.2) is 4.98 Å². The second-order valence-electron chi connectivity index (χ2n) is 18.3. The maximum absolute atomic E-state index is 6.79. The van der Waals surface area contributed by atoms with E-state index in [1.54, 1.807) is 0 Å². The van der Waals surface area contributed by atoms with Crippen LogP contribution in [0.4, 0.5) is 0 Å². The van der Waals surface area contributed by atoms with Gasteiger partial charge in [0.05, 0.1) is 41.5 Å². The summed E-state index contributed by atoms with van der Waals surface area (Å²) in [6.07, 6.45) is 5.86. The zero-order chi connectivity index (χ0) is 41.6. The zero-order valence-corrected chi connectivity index (χ0v) is 36.4. The Hall–Kier alpha value is -7.02. The average molecular weight is 807 g/mol. The lowest BCUT2D eigenvalue weighted by Crippen LogP contribution is -2.47. The summed E-state index contributed by atoms with van der Waals surface area (Å²) in [5, 5.41) is 3.73. The van der Waals surface area contributed by atoms with E-state index in [2.05, 4.69) is 218 Å². The molecule has 1 aliphatic rings. The van der Waals surface area contributed by atoms with E-state index in [0.29, 0.717) is 0 Å². The first-order chi connectivity index (χ1) is 29.5. The van der Waals surface area contributed by atoms with Crippen molar-refractivity contribution < 1.29 is 9.30 Å². The molecule has 0 unspecified atom stereocenters. The lowest BCUT2D eigenvalue weighted by atomic mass is 9.88. The Labute approximate surface area is 357 Å². The minimum atomic E-state index is -1.87. The highest BCUT2D eigenvalue weighted by Gasteiger charge is 2.29. The third-order valence-corrected chi connectivity index (χ3v) is 14.3. The van der Waals surface area contributed by atoms with E-state index < -0.39 is 8.07 Å². The summed E-state index contributed by atoms with van der Waals surface area (Å²) in [4.78, 5) is 4.89. The van der Waals surface area contributed by atoms with Crippen LogP contribution in [0, 0.1) is 6.33 Å². The number of pyridine rings is 1. The van der Waals surface area contributed by atoms with Crippen molar-refractivity contribution in [1.29, 1.82) is 0 Å². The van der Waals surface area contributed by atoms with Crippen molar-refractivity contribution in [1.82, 2.24) is 14.1 Å². The maximum atomic E-state index is 6.79. The van der Waals surface area contributed by atoms with Crippen LogP contribution in [0.2, 0.25) is 19.6 Å². The number of nitrogens with zero attached hydrogens (tertiary/aromatic N) is 4. The Morgan fingerprint density at radius 1 is 0.557 bits per heavy atom. The fourth-order valence-electron chi connectivity index (χ4n) is 9.33. The third kappa shape index (κ3) is 6.04. The summed E-state index contributed by atoms with van der Waals surface area (Å²) in [5.41, 5.74) is 15.0. The molecule has 296 valence electrons. The first kappa shape index (κ1) is 37.0. The number of hydrogen-bond donors (Lipinski definition) is 0. The number of benzene rings is 7. The fraction of sp³-hybridized carbons (Fsp3) is 0.127. The molecule has 0 aliphatic carbocycles. The van der Waals surface area contributed by atoms with Gasteiger partial charge >= 0.3 is 0 Å². The normalized spacial score (nSPS) is 12.4. The molecule has 11 rings (SSSR count). The van der Waals surface area contributed by atoms with Gasteiger partial charge in [0.1, 0.15) is 17.3 Å². The summed E-state index contributed by atoms with van der Waals surface area (Å²) >= 11 is 0. The van der Waals surface area contributed by atoms with Crippen LogP contribution < -0.4 is 14.5 Å². The number of para-hydroxylation sites is 3. The minimum absolute atomic E-state index is 0.00947. The number of imidazole rings is 1. The molecule has 4 heterocycles. The van der Waals surface area contributed by atoms with E-state index in [-0.39, 0.29) is 5.41 Å². The van der Waals surface area contributed by atoms with Gasteiger partial charge < -0.3 is 4.74 Å². The van der Waals surface area contributed by atoms with Gasteiger partial charge in [-0.1, -0.05) is 150 Å². The van der Waals surface area contributed by atoms with E-state index in [4.69, 9.17) is 9.72 Å². The minimum Gasteiger partial charge on any atom is -0.458 e. The highest BCUT2D eigenvalue weighted by molar-refractivity contribution is 6.89. The van der Waals surface area contributed by atoms with Gasteiger partial charge in [-0.15, -0.1) is 0 Å². The molecule has 0 fully saturated rings. The molecular weight excluding hydrogens is 761 g/mol. The maximum Gasteiger partial charge on any atom is 0.269 e. The fourth-order valence-corrected chi connectivity index (χ4v) is 10.9. The van der Waals surface area contributed by atoms with Gasteiger partial charge in [0.2, 0.25) is 0 Å². The number of rotatable bonds is 5. The molecule has 0 saturated heterocycles. The molecule has 1 aliphatic heterocycles. The van der Waals surface area contributed by atoms with E-state index in [1.165, 1.54) is 55.2 Å². The highest BCUT2D eigenvalue weighted by Crippen LogP contribution is 2.43. The molecule has 6 heteroatoms. The van der Waals surface area contributed by atoms with Crippen LogP contribution in [-0.4, -0.2) is 22.2 Å². The number of hydrogen-bond acceptors (Lipinski definition) is 2. The highest BCUT2D eigenvalue weighted by atomic mass is 28.3. The summed E-state index contributed by atoms with van der Waals surface area (Å²) in [7, 11) is -1.87. The van der Waals surface area contributed by atoms with Crippen molar-refractivity contribution in [3.05, 3.63) is 182 Å². The van der Waals surface area contributed by atoms with Crippen molar-refractivity contribution in [2.75, 3.05) is 0 Å². The number of fused-ring (bicyclic) bond motifs is 10. The van der Waals surface area contributed by atoms with Crippen LogP contribution in [-0.2, 0) is 5.41 Å². The second-order valence-corrected chi connectivity index (χ2v) is 23.3. The monoisotopic (exact) mass is 806 g/mol. The topological polar surface area (TPSA) is 35.9 Å². The Kier molecular flexibility index (Phi) is 8.35. The van der Waals surface area contributed by atoms with Crippen LogP contribution in [0.1, 0.15) is 26.3 Å². The summed E-state index contributed by atoms with van der Waals surface area (Å²) in [5.74, 6) is 2.39. The Bertz CT molecular complexity index is 3380. The molecule has 0 amide bonds. The van der Waals surface area contributed by atoms with E-state index in [0.717, 1.165) is 50.5 Å². The van der Waals surface area contributed by atoms with Gasteiger partial charge in [0, 0.05) is 23.0 Å². The molecule has 0 bridgehead atoms. The number of aromatic nitrogens is 4. The second kappa shape index (κ2) is 13.8. The third-order valence-electron chi connectivity index (χ3n) is 12.3. The molecule has 10 aromatic rings. The quantitative estimate of drug-likeness (QED) is 0.0987. The van der Waals surface area contributed by atoms with Crippen LogP contribution in [0.5, 0.6) is 11.5 Å². The Balaban J connectivity index is 1.08. The van der Waals surface area contributed by atoms with Gasteiger partial charge in [-0.2, -0.15) is 0 Å². The molecule has 3 aromatic heterocycles. The van der Waals surface area contributed by atoms with Crippen molar-refractivity contribution >= 4 is 46.1 Å². The summed E-state index contributed by atoms with van der Waals surface area (Å²) in [6, 6.07) is 58.9. The number of ether oxygens (including phenoxy) is 1. The van der Waals surface area contributed by atoms with E-state index >= 15 is 0 Å². The van der Waals surface area contributed by atoms with Crippen molar-refractivity contribution in [2.24, 2.45) is 0 Å². The van der Waals surface area contributed by atoms with Crippen LogP contribution in [0.25, 0.3) is 83.4 Å². The van der Waals surface area contributed by atoms with Crippen molar-refractivity contribution in [3.8, 4) is 62.1 Å². The van der Waals surface area contributed by atoms with Gasteiger partial charge in [0.25, 0.3) is 6.33 Å². The van der Waals surface area contributed by atoms with Crippen LogP contribution >= 0.6 is 0 Å². The summed E-state index contributed by atoms with van der Waals surface area (Å²) in [6.45, 7) is 14.0. The lowest BCUT2D eigenvalue weighted by Gasteiger charge is -2.25. The Morgan fingerprint density at radius 3 is 1.92 bits per heavy atom. The molecule has 5 nitrogen and oxygen atoms in total. The van der Waals surface area contributed by atoms with Crippen molar-refractivity contribution in [2.45, 2.75) is 45.8 Å². The smallest absolute Gasteiger partial charge is 0.269 e. The average Bonchev–Trinajstić information content (AvgIpc) is 3.82. The zero-order valence-electron chi connectivity index (χ0n) is 35.4. The molecular formula is C55H46N4OSi. The first-order valence-electron chi connectivity index (χ1n) is 21.1. The molecule has 0 N–H and O–H groups in total. The predicted octanol–water partition coefficient (Wildman–Crippen LogP) is 13.1. The SMILES string of the molecule is CC(C)(C)c1ccnc(-n2c3ccccc3c3ccc(Oc4cccc(-n5[c-][n+]6c7c(cccc75)-c5ccccc5-c5ccccc5-c5cccc([Si](C)(C)C)c5-6)c4)cc32)c1. The van der Waals surface area contributed by atoms with Crippen LogP contribution in [0.15, 0.2) is 170 Å². The largest absolute Gasteiger partial charge is 0.458 e.